The summed E-state index contributed by atoms with van der Waals surface area (Å²) in [7, 11) is 1.71. The standard InChI is InChI=1S/C12H23FN2O2/c1-12(2,3)17-11(16)15-9-7-5-6-8(13)10(9)14-4/h8-10,14H,5-7H2,1-4H3,(H,15,16)/t8-,9-,10+/m1/s1. The number of alkyl carbamates (subject to hydrolysis) is 1. The first-order valence-electron chi connectivity index (χ1n) is 6.14. The molecular formula is C12H23FN2O2. The molecule has 0 heterocycles. The average Bonchev–Trinajstić information content (AvgIpc) is 2.14. The number of amides is 1. The average molecular weight is 246 g/mol. The van der Waals surface area contributed by atoms with Crippen molar-refractivity contribution in [2.24, 2.45) is 0 Å². The number of carbonyl (C=O) groups is 1. The van der Waals surface area contributed by atoms with Crippen LogP contribution >= 0.6 is 0 Å². The van der Waals surface area contributed by atoms with Gasteiger partial charge in [-0.15, -0.1) is 0 Å². The summed E-state index contributed by atoms with van der Waals surface area (Å²) in [5.41, 5.74) is -0.525. The highest BCUT2D eigenvalue weighted by molar-refractivity contribution is 5.68. The second-order valence-corrected chi connectivity index (χ2v) is 5.51. The van der Waals surface area contributed by atoms with Crippen LogP contribution in [0.2, 0.25) is 0 Å². The van der Waals surface area contributed by atoms with Crippen LogP contribution in [-0.4, -0.2) is 37.0 Å². The summed E-state index contributed by atoms with van der Waals surface area (Å²) in [4.78, 5) is 11.6. The van der Waals surface area contributed by atoms with Crippen molar-refractivity contribution in [1.82, 2.24) is 10.6 Å². The van der Waals surface area contributed by atoms with Gasteiger partial charge in [0.1, 0.15) is 11.8 Å². The maximum Gasteiger partial charge on any atom is 0.407 e. The van der Waals surface area contributed by atoms with Gasteiger partial charge >= 0.3 is 6.09 Å². The van der Waals surface area contributed by atoms with Crippen LogP contribution < -0.4 is 10.6 Å². The summed E-state index contributed by atoms with van der Waals surface area (Å²) in [6.45, 7) is 5.42. The smallest absolute Gasteiger partial charge is 0.407 e. The van der Waals surface area contributed by atoms with E-state index in [1.807, 2.05) is 0 Å². The third-order valence-electron chi connectivity index (χ3n) is 2.85. The van der Waals surface area contributed by atoms with Crippen molar-refractivity contribution in [2.45, 2.75) is 63.9 Å². The van der Waals surface area contributed by atoms with Crippen LogP contribution in [0.25, 0.3) is 0 Å². The first kappa shape index (κ1) is 14.2. The Bertz CT molecular complexity index is 266. The van der Waals surface area contributed by atoms with E-state index in [1.165, 1.54) is 0 Å². The highest BCUT2D eigenvalue weighted by Gasteiger charge is 2.34. The zero-order valence-corrected chi connectivity index (χ0v) is 11.0. The molecule has 17 heavy (non-hydrogen) atoms. The first-order chi connectivity index (χ1) is 7.83. The van der Waals surface area contributed by atoms with Crippen molar-refractivity contribution in [3.8, 4) is 0 Å². The molecule has 2 N–H and O–H groups in total. The van der Waals surface area contributed by atoms with Gasteiger partial charge in [-0.3, -0.25) is 0 Å². The van der Waals surface area contributed by atoms with Gasteiger partial charge in [-0.25, -0.2) is 9.18 Å². The lowest BCUT2D eigenvalue weighted by atomic mass is 9.89. The number of ether oxygens (including phenoxy) is 1. The fraction of sp³-hybridized carbons (Fsp3) is 0.917. The topological polar surface area (TPSA) is 50.4 Å². The predicted octanol–water partition coefficient (Wildman–Crippen LogP) is 1.99. The Balaban J connectivity index is 2.51. The third kappa shape index (κ3) is 4.50. The molecule has 1 rings (SSSR count). The zero-order chi connectivity index (χ0) is 13.1. The molecule has 5 heteroatoms. The Morgan fingerprint density at radius 3 is 2.53 bits per heavy atom. The van der Waals surface area contributed by atoms with Crippen molar-refractivity contribution < 1.29 is 13.9 Å². The van der Waals surface area contributed by atoms with Crippen molar-refractivity contribution in [3.63, 3.8) is 0 Å². The van der Waals surface area contributed by atoms with Gasteiger partial charge in [0.25, 0.3) is 0 Å². The Morgan fingerprint density at radius 1 is 1.35 bits per heavy atom. The number of nitrogens with one attached hydrogen (secondary N) is 2. The van der Waals surface area contributed by atoms with Gasteiger partial charge in [0.2, 0.25) is 0 Å². The Kier molecular flexibility index (Phi) is 4.74. The van der Waals surface area contributed by atoms with E-state index in [1.54, 1.807) is 27.8 Å². The Morgan fingerprint density at radius 2 is 2.00 bits per heavy atom. The molecule has 100 valence electrons. The minimum Gasteiger partial charge on any atom is -0.444 e. The molecular weight excluding hydrogens is 223 g/mol. The zero-order valence-electron chi connectivity index (χ0n) is 11.0. The summed E-state index contributed by atoms with van der Waals surface area (Å²) < 4.78 is 18.8. The monoisotopic (exact) mass is 246 g/mol. The molecule has 1 amide bonds. The molecule has 1 saturated carbocycles. The molecule has 0 aromatic heterocycles. The molecule has 0 spiro atoms. The molecule has 0 unspecified atom stereocenters. The number of carbonyl (C=O) groups excluding carboxylic acids is 1. The molecule has 0 bridgehead atoms. The van der Waals surface area contributed by atoms with Crippen molar-refractivity contribution in [2.75, 3.05) is 7.05 Å². The molecule has 0 aliphatic heterocycles. The Labute approximate surface area is 102 Å². The van der Waals surface area contributed by atoms with E-state index < -0.39 is 17.9 Å². The van der Waals surface area contributed by atoms with E-state index >= 15 is 0 Å². The van der Waals surface area contributed by atoms with Gasteiger partial charge in [-0.2, -0.15) is 0 Å². The summed E-state index contributed by atoms with van der Waals surface area (Å²) >= 11 is 0. The largest absolute Gasteiger partial charge is 0.444 e. The van der Waals surface area contributed by atoms with E-state index in [2.05, 4.69) is 10.6 Å². The molecule has 3 atom stereocenters. The fourth-order valence-electron chi connectivity index (χ4n) is 2.15. The van der Waals surface area contributed by atoms with E-state index in [0.717, 1.165) is 12.8 Å². The van der Waals surface area contributed by atoms with Gasteiger partial charge in [-0.05, 0) is 47.1 Å². The maximum absolute atomic E-state index is 13.6. The van der Waals surface area contributed by atoms with Gasteiger partial charge in [0.15, 0.2) is 0 Å². The van der Waals surface area contributed by atoms with Gasteiger partial charge in [0, 0.05) is 0 Å². The number of likely N-dealkylation sites (N-methyl/N-ethyl adjacent to an activating group) is 1. The molecule has 1 fully saturated rings. The van der Waals surface area contributed by atoms with Crippen LogP contribution in [0, 0.1) is 0 Å². The van der Waals surface area contributed by atoms with Gasteiger partial charge in [-0.1, -0.05) is 0 Å². The molecule has 0 aromatic rings. The molecule has 0 radical (unpaired) electrons. The summed E-state index contributed by atoms with van der Waals surface area (Å²) in [6.07, 6.45) is 0.744. The van der Waals surface area contributed by atoms with E-state index in [4.69, 9.17) is 4.74 Å². The molecule has 4 nitrogen and oxygen atoms in total. The lowest BCUT2D eigenvalue weighted by Crippen LogP contribution is -2.56. The summed E-state index contributed by atoms with van der Waals surface area (Å²) in [5.74, 6) is 0. The van der Waals surface area contributed by atoms with Crippen LogP contribution in [0.1, 0.15) is 40.0 Å². The Hall–Kier alpha value is -0.840. The number of halogens is 1. The maximum atomic E-state index is 13.6. The fourth-order valence-corrected chi connectivity index (χ4v) is 2.15. The van der Waals surface area contributed by atoms with E-state index in [9.17, 15) is 9.18 Å². The SMILES string of the molecule is CN[C@H]1[C@H](F)CCC[C@H]1NC(=O)OC(C)(C)C. The van der Waals surface area contributed by atoms with Crippen molar-refractivity contribution in [3.05, 3.63) is 0 Å². The molecule has 1 aliphatic carbocycles. The minimum absolute atomic E-state index is 0.196. The number of hydrogen-bond acceptors (Lipinski definition) is 3. The highest BCUT2D eigenvalue weighted by atomic mass is 19.1. The highest BCUT2D eigenvalue weighted by Crippen LogP contribution is 2.22. The number of hydrogen-bond donors (Lipinski definition) is 2. The number of alkyl halides is 1. The van der Waals surface area contributed by atoms with Crippen LogP contribution in [0.3, 0.4) is 0 Å². The molecule has 0 aromatic carbocycles. The van der Waals surface area contributed by atoms with Crippen molar-refractivity contribution in [1.29, 1.82) is 0 Å². The van der Waals surface area contributed by atoms with Crippen LogP contribution in [-0.2, 0) is 4.74 Å². The molecule has 1 aliphatic rings. The van der Waals surface area contributed by atoms with E-state index in [-0.39, 0.29) is 12.1 Å². The van der Waals surface area contributed by atoms with Crippen molar-refractivity contribution >= 4 is 6.09 Å². The predicted molar refractivity (Wildman–Crippen MR) is 64.8 cm³/mol. The minimum atomic E-state index is -0.909. The third-order valence-corrected chi connectivity index (χ3v) is 2.85. The summed E-state index contributed by atoms with van der Waals surface area (Å²) in [6, 6.07) is -0.519. The van der Waals surface area contributed by atoms with Gasteiger partial charge < -0.3 is 15.4 Å². The normalized spacial score (nSPS) is 29.8. The van der Waals surface area contributed by atoms with Gasteiger partial charge in [0.05, 0.1) is 12.1 Å². The van der Waals surface area contributed by atoms with E-state index in [0.29, 0.717) is 6.42 Å². The van der Waals surface area contributed by atoms with Crippen LogP contribution in [0.5, 0.6) is 0 Å². The molecule has 0 saturated heterocycles. The second kappa shape index (κ2) is 5.67. The summed E-state index contributed by atoms with van der Waals surface area (Å²) in [5, 5.41) is 5.67. The number of rotatable bonds is 2. The van der Waals surface area contributed by atoms with Crippen LogP contribution in [0.15, 0.2) is 0 Å². The van der Waals surface area contributed by atoms with Crippen LogP contribution in [0.4, 0.5) is 9.18 Å². The lowest BCUT2D eigenvalue weighted by molar-refractivity contribution is 0.0454. The quantitative estimate of drug-likeness (QED) is 0.783. The second-order valence-electron chi connectivity index (χ2n) is 5.51. The lowest BCUT2D eigenvalue weighted by Gasteiger charge is -2.34. The first-order valence-corrected chi connectivity index (χ1v) is 6.14.